The monoisotopic (exact) mass is 394 g/mol. The van der Waals surface area contributed by atoms with Gasteiger partial charge in [-0.05, 0) is 48.5 Å². The molecular formula is C23H14N4OS. The summed E-state index contributed by atoms with van der Waals surface area (Å²) in [4.78, 5) is 15.8. The third kappa shape index (κ3) is 2.65. The number of ether oxygens (including phenoxy) is 1. The molecule has 0 fully saturated rings. The van der Waals surface area contributed by atoms with E-state index in [1.165, 1.54) is 0 Å². The van der Waals surface area contributed by atoms with Crippen LogP contribution in [0.1, 0.15) is 0 Å². The molecule has 29 heavy (non-hydrogen) atoms. The van der Waals surface area contributed by atoms with Crippen LogP contribution in [0.3, 0.4) is 0 Å². The van der Waals surface area contributed by atoms with Crippen molar-refractivity contribution in [1.29, 1.82) is 0 Å². The second kappa shape index (κ2) is 6.39. The predicted octanol–water partition coefficient (Wildman–Crippen LogP) is 6.33. The number of para-hydroxylation sites is 4. The number of anilines is 3. The fourth-order valence-corrected chi connectivity index (χ4v) is 4.41. The molecule has 1 aliphatic rings. The maximum absolute atomic E-state index is 6.08. The number of fused-ring (bicyclic) bond motifs is 3. The molecule has 0 aliphatic carbocycles. The van der Waals surface area contributed by atoms with Gasteiger partial charge in [0.25, 0.3) is 0 Å². The molecule has 6 heteroatoms. The van der Waals surface area contributed by atoms with Crippen LogP contribution in [0, 0.1) is 0 Å². The van der Waals surface area contributed by atoms with Crippen molar-refractivity contribution in [1.82, 2.24) is 15.0 Å². The topological polar surface area (TPSA) is 51.1 Å². The lowest BCUT2D eigenvalue weighted by molar-refractivity contribution is 0.477. The largest absolute Gasteiger partial charge is 0.453 e. The van der Waals surface area contributed by atoms with E-state index < -0.39 is 0 Å². The first-order valence-corrected chi connectivity index (χ1v) is 10.0. The van der Waals surface area contributed by atoms with E-state index in [-0.39, 0.29) is 0 Å². The highest BCUT2D eigenvalue weighted by molar-refractivity contribution is 7.21. The number of nitrogens with zero attached hydrogens (tertiary/aromatic N) is 4. The number of pyridine rings is 2. The Morgan fingerprint density at radius 3 is 2.21 bits per heavy atom. The Morgan fingerprint density at radius 1 is 0.759 bits per heavy atom. The second-order valence-corrected chi connectivity index (χ2v) is 7.65. The lowest BCUT2D eigenvalue weighted by Crippen LogP contribution is -2.15. The molecule has 0 saturated heterocycles. The van der Waals surface area contributed by atoms with E-state index >= 15 is 0 Å². The highest BCUT2D eigenvalue weighted by Crippen LogP contribution is 2.49. The molecule has 138 valence electrons. The van der Waals surface area contributed by atoms with Crippen LogP contribution in [0.15, 0.2) is 85.2 Å². The Labute approximate surface area is 170 Å². The molecule has 0 saturated carbocycles. The summed E-state index contributed by atoms with van der Waals surface area (Å²) < 4.78 is 7.14. The Bertz CT molecular complexity index is 1270. The molecule has 0 N–H and O–H groups in total. The molecule has 5 nitrogen and oxygen atoms in total. The highest BCUT2D eigenvalue weighted by atomic mass is 32.1. The molecule has 0 unspecified atom stereocenters. The number of hydrogen-bond donors (Lipinski definition) is 0. The average molecular weight is 394 g/mol. The van der Waals surface area contributed by atoms with E-state index in [2.05, 4.69) is 33.1 Å². The van der Waals surface area contributed by atoms with Crippen molar-refractivity contribution in [2.24, 2.45) is 0 Å². The summed E-state index contributed by atoms with van der Waals surface area (Å²) in [6, 6.07) is 24.1. The number of aromatic nitrogens is 3. The second-order valence-electron chi connectivity index (χ2n) is 6.62. The molecule has 0 atom stereocenters. The van der Waals surface area contributed by atoms with E-state index in [0.29, 0.717) is 0 Å². The Kier molecular flexibility index (Phi) is 3.57. The molecule has 0 amide bonds. The normalized spacial score (nSPS) is 12.3. The lowest BCUT2D eigenvalue weighted by Gasteiger charge is -2.32. The molecule has 0 bridgehead atoms. The van der Waals surface area contributed by atoms with E-state index in [9.17, 15) is 0 Å². The molecular weight excluding hydrogens is 380 g/mol. The van der Waals surface area contributed by atoms with Crippen molar-refractivity contribution in [2.75, 3.05) is 4.90 Å². The molecule has 6 rings (SSSR count). The van der Waals surface area contributed by atoms with Crippen LogP contribution in [-0.2, 0) is 0 Å². The first-order chi connectivity index (χ1) is 14.4. The maximum Gasteiger partial charge on any atom is 0.170 e. The predicted molar refractivity (Wildman–Crippen MR) is 115 cm³/mol. The van der Waals surface area contributed by atoms with Gasteiger partial charge in [0.1, 0.15) is 5.01 Å². The van der Waals surface area contributed by atoms with Gasteiger partial charge in [-0.2, -0.15) is 0 Å². The smallest absolute Gasteiger partial charge is 0.170 e. The zero-order chi connectivity index (χ0) is 19.2. The minimum absolute atomic E-state index is 0.759. The van der Waals surface area contributed by atoms with Gasteiger partial charge in [-0.25, -0.2) is 9.97 Å². The van der Waals surface area contributed by atoms with E-state index in [4.69, 9.17) is 9.72 Å². The SMILES string of the molecule is c1ccc2c(c1)Oc1ccccc1N2c1ccc(-c2nc3ncccc3s2)nc1. The summed E-state index contributed by atoms with van der Waals surface area (Å²) in [5.41, 5.74) is 4.55. The van der Waals surface area contributed by atoms with Crippen LogP contribution in [0.25, 0.3) is 21.0 Å². The molecule has 0 radical (unpaired) electrons. The summed E-state index contributed by atoms with van der Waals surface area (Å²) >= 11 is 1.60. The van der Waals surface area contributed by atoms with Crippen LogP contribution < -0.4 is 9.64 Å². The molecule has 5 aromatic rings. The molecule has 2 aromatic carbocycles. The zero-order valence-corrected chi connectivity index (χ0v) is 16.0. The van der Waals surface area contributed by atoms with Crippen molar-refractivity contribution in [3.05, 3.63) is 85.2 Å². The van der Waals surface area contributed by atoms with Crippen molar-refractivity contribution in [3.8, 4) is 22.2 Å². The van der Waals surface area contributed by atoms with Gasteiger partial charge in [-0.3, -0.25) is 4.98 Å². The van der Waals surface area contributed by atoms with Gasteiger partial charge in [-0.15, -0.1) is 11.3 Å². The van der Waals surface area contributed by atoms with Crippen molar-refractivity contribution < 1.29 is 4.74 Å². The van der Waals surface area contributed by atoms with E-state index in [1.54, 1.807) is 17.5 Å². The fraction of sp³-hybridized carbons (Fsp3) is 0. The summed E-state index contributed by atoms with van der Waals surface area (Å²) in [5, 5.41) is 0.869. The van der Waals surface area contributed by atoms with Crippen molar-refractivity contribution >= 4 is 38.7 Å². The van der Waals surface area contributed by atoms with Crippen LogP contribution >= 0.6 is 11.3 Å². The van der Waals surface area contributed by atoms with Crippen LogP contribution in [0.5, 0.6) is 11.5 Å². The summed E-state index contributed by atoms with van der Waals surface area (Å²) in [5.74, 6) is 1.65. The third-order valence-corrected chi connectivity index (χ3v) is 5.85. The lowest BCUT2D eigenvalue weighted by atomic mass is 10.1. The minimum Gasteiger partial charge on any atom is -0.453 e. The molecule has 4 heterocycles. The van der Waals surface area contributed by atoms with Gasteiger partial charge >= 0.3 is 0 Å². The zero-order valence-electron chi connectivity index (χ0n) is 15.2. The van der Waals surface area contributed by atoms with E-state index in [0.717, 1.165) is 49.6 Å². The standard InChI is InChI=1S/C23H14N4OS/c1-3-8-19-17(6-1)27(18-7-2-4-9-20(18)28-19)15-11-12-16(25-14-15)23-26-22-21(29-23)10-5-13-24-22/h1-14H. The first-order valence-electron chi connectivity index (χ1n) is 9.21. The Morgan fingerprint density at radius 2 is 1.52 bits per heavy atom. The molecule has 0 spiro atoms. The summed E-state index contributed by atoms with van der Waals surface area (Å²) in [7, 11) is 0. The van der Waals surface area contributed by atoms with Crippen molar-refractivity contribution in [3.63, 3.8) is 0 Å². The number of benzene rings is 2. The Balaban J connectivity index is 1.44. The average Bonchev–Trinajstić information content (AvgIpc) is 3.22. The van der Waals surface area contributed by atoms with Crippen LogP contribution in [-0.4, -0.2) is 15.0 Å². The fourth-order valence-electron chi connectivity index (χ4n) is 3.51. The summed E-state index contributed by atoms with van der Waals surface area (Å²) in [6.45, 7) is 0. The van der Waals surface area contributed by atoms with Crippen molar-refractivity contribution in [2.45, 2.75) is 0 Å². The van der Waals surface area contributed by atoms with Crippen LogP contribution in [0.2, 0.25) is 0 Å². The third-order valence-electron chi connectivity index (χ3n) is 4.82. The van der Waals surface area contributed by atoms with E-state index in [1.807, 2.05) is 60.8 Å². The Hall–Kier alpha value is -3.77. The molecule has 3 aromatic heterocycles. The summed E-state index contributed by atoms with van der Waals surface area (Å²) in [6.07, 6.45) is 3.64. The minimum atomic E-state index is 0.759. The van der Waals surface area contributed by atoms with Crippen LogP contribution in [0.4, 0.5) is 17.1 Å². The van der Waals surface area contributed by atoms with Gasteiger partial charge in [0.05, 0.1) is 33.7 Å². The van der Waals surface area contributed by atoms with Gasteiger partial charge in [0.2, 0.25) is 0 Å². The number of hydrogen-bond acceptors (Lipinski definition) is 6. The first kappa shape index (κ1) is 16.2. The quantitative estimate of drug-likeness (QED) is 0.343. The number of thiazole rings is 1. The number of rotatable bonds is 2. The van der Waals surface area contributed by atoms with Gasteiger partial charge in [0.15, 0.2) is 17.1 Å². The maximum atomic E-state index is 6.08. The molecule has 1 aliphatic heterocycles. The van der Waals surface area contributed by atoms with Gasteiger partial charge in [-0.1, -0.05) is 24.3 Å². The van der Waals surface area contributed by atoms with Gasteiger partial charge < -0.3 is 9.64 Å². The highest BCUT2D eigenvalue weighted by Gasteiger charge is 2.25. The van der Waals surface area contributed by atoms with Gasteiger partial charge in [0, 0.05) is 6.20 Å².